The number of carboxylic acids is 1. The zero-order valence-electron chi connectivity index (χ0n) is 19.6. The molecule has 0 atom stereocenters. The van der Waals surface area contributed by atoms with Crippen molar-refractivity contribution in [2.24, 2.45) is 0 Å². The van der Waals surface area contributed by atoms with Crippen molar-refractivity contribution >= 4 is 11.5 Å². The first-order valence-corrected chi connectivity index (χ1v) is 11.3. The lowest BCUT2D eigenvalue weighted by Crippen LogP contribution is -2.34. The molecule has 0 radical (unpaired) electrons. The van der Waals surface area contributed by atoms with Crippen LogP contribution in [0.3, 0.4) is 0 Å². The molecule has 1 aromatic carbocycles. The van der Waals surface area contributed by atoms with Gasteiger partial charge in [0.1, 0.15) is 0 Å². The molecule has 2 nitrogen and oxygen atoms in total. The van der Waals surface area contributed by atoms with Gasteiger partial charge < -0.3 is 5.11 Å². The Balaban J connectivity index is 2.26. The van der Waals surface area contributed by atoms with Crippen LogP contribution in [0, 0.1) is 0 Å². The van der Waals surface area contributed by atoms with Crippen LogP contribution in [0.4, 0.5) is 13.2 Å². The number of fused-ring (bicyclic) bond motifs is 1. The van der Waals surface area contributed by atoms with Crippen LogP contribution in [0.5, 0.6) is 0 Å². The van der Waals surface area contributed by atoms with E-state index in [0.717, 1.165) is 54.0 Å². The Morgan fingerprint density at radius 2 is 1.56 bits per heavy atom. The summed E-state index contributed by atoms with van der Waals surface area (Å²) in [5, 5.41) is 8.93. The number of benzene rings is 1. The van der Waals surface area contributed by atoms with Crippen LogP contribution >= 0.6 is 0 Å². The monoisotopic (exact) mass is 446 g/mol. The van der Waals surface area contributed by atoms with Crippen LogP contribution in [0.2, 0.25) is 0 Å². The zero-order valence-corrected chi connectivity index (χ0v) is 19.6. The second-order valence-electron chi connectivity index (χ2n) is 10.5. The number of allylic oxidation sites excluding steroid dienone is 5. The van der Waals surface area contributed by atoms with Gasteiger partial charge in [0.2, 0.25) is 0 Å². The maximum absolute atomic E-state index is 14.3. The Hall–Kier alpha value is -2.30. The van der Waals surface area contributed by atoms with Crippen molar-refractivity contribution < 1.29 is 23.1 Å². The Labute approximate surface area is 188 Å². The van der Waals surface area contributed by atoms with Gasteiger partial charge in [-0.05, 0) is 95.8 Å². The molecule has 0 saturated heterocycles. The molecular weight excluding hydrogens is 413 g/mol. The summed E-state index contributed by atoms with van der Waals surface area (Å²) in [5.41, 5.74) is 3.24. The molecular formula is C27H33F3O2. The third kappa shape index (κ3) is 5.02. The lowest BCUT2D eigenvalue weighted by Gasteiger charge is -2.43. The van der Waals surface area contributed by atoms with Gasteiger partial charge in [-0.15, -0.1) is 0 Å². The van der Waals surface area contributed by atoms with Crippen LogP contribution in [0.15, 0.2) is 41.5 Å². The average Bonchev–Trinajstić information content (AvgIpc) is 2.68. The van der Waals surface area contributed by atoms with Crippen molar-refractivity contribution in [3.05, 3.63) is 63.8 Å². The third-order valence-electron chi connectivity index (χ3n) is 7.03. The Morgan fingerprint density at radius 1 is 1.00 bits per heavy atom. The van der Waals surface area contributed by atoms with E-state index in [9.17, 15) is 18.0 Å². The number of halogens is 3. The lowest BCUT2D eigenvalue weighted by molar-refractivity contribution is -0.138. The molecule has 2 aliphatic rings. The quantitative estimate of drug-likeness (QED) is 0.376. The third-order valence-corrected chi connectivity index (χ3v) is 7.03. The molecule has 32 heavy (non-hydrogen) atoms. The number of alkyl halides is 3. The fraction of sp³-hybridized carbons (Fsp3) is 0.519. The molecule has 0 unspecified atom stereocenters. The molecule has 0 aliphatic heterocycles. The van der Waals surface area contributed by atoms with Gasteiger partial charge in [0.25, 0.3) is 0 Å². The Morgan fingerprint density at radius 3 is 2.12 bits per heavy atom. The summed E-state index contributed by atoms with van der Waals surface area (Å²) in [6, 6.07) is 3.22. The highest BCUT2D eigenvalue weighted by Gasteiger charge is 2.42. The highest BCUT2D eigenvalue weighted by atomic mass is 19.4. The minimum atomic E-state index is -4.44. The van der Waals surface area contributed by atoms with E-state index >= 15 is 0 Å². The van der Waals surface area contributed by atoms with Gasteiger partial charge in [0.15, 0.2) is 0 Å². The molecule has 0 aromatic heterocycles. The molecule has 2 aliphatic carbocycles. The van der Waals surface area contributed by atoms with Crippen LogP contribution in [-0.4, -0.2) is 11.1 Å². The SMILES string of the molecule is CC(/C=C/C1=C(c2cc3c(cc2C(F)(F)F)C(C)(C)CCC3(C)C)CCCC1)=C\C(=O)O. The second-order valence-corrected chi connectivity index (χ2v) is 10.5. The molecule has 0 bridgehead atoms. The highest BCUT2D eigenvalue weighted by Crippen LogP contribution is 2.50. The standard InChI is InChI=1S/C27H33F3O2/c1-17(14-24(31)32)10-11-18-8-6-7-9-19(18)20-15-22-23(16-21(20)27(28,29)30)26(4,5)13-12-25(22,2)3/h10-11,14-16H,6-9,12-13H2,1-5H3,(H,31,32)/b11-10+,17-14+. The minimum Gasteiger partial charge on any atom is -0.478 e. The van der Waals surface area contributed by atoms with Crippen LogP contribution in [0.1, 0.15) is 95.4 Å². The van der Waals surface area contributed by atoms with Gasteiger partial charge in [-0.2, -0.15) is 13.2 Å². The fourth-order valence-corrected chi connectivity index (χ4v) is 4.99. The summed E-state index contributed by atoms with van der Waals surface area (Å²) < 4.78 is 42.9. The van der Waals surface area contributed by atoms with Gasteiger partial charge in [-0.3, -0.25) is 0 Å². The van der Waals surface area contributed by atoms with Crippen molar-refractivity contribution in [1.29, 1.82) is 0 Å². The van der Waals surface area contributed by atoms with Crippen LogP contribution < -0.4 is 0 Å². The van der Waals surface area contributed by atoms with E-state index in [2.05, 4.69) is 13.8 Å². The first-order valence-electron chi connectivity index (χ1n) is 11.3. The maximum Gasteiger partial charge on any atom is 0.417 e. The van der Waals surface area contributed by atoms with E-state index in [1.807, 2.05) is 19.9 Å². The highest BCUT2D eigenvalue weighted by molar-refractivity contribution is 5.81. The largest absolute Gasteiger partial charge is 0.478 e. The van der Waals surface area contributed by atoms with Gasteiger partial charge >= 0.3 is 12.1 Å². The maximum atomic E-state index is 14.3. The van der Waals surface area contributed by atoms with Gasteiger partial charge in [-0.1, -0.05) is 45.9 Å². The topological polar surface area (TPSA) is 37.3 Å². The van der Waals surface area contributed by atoms with Crippen LogP contribution in [0.25, 0.3) is 5.57 Å². The molecule has 0 saturated carbocycles. The average molecular weight is 447 g/mol. The van der Waals surface area contributed by atoms with Crippen molar-refractivity contribution in [2.45, 2.75) is 90.1 Å². The van der Waals surface area contributed by atoms with Gasteiger partial charge in [0, 0.05) is 6.08 Å². The van der Waals surface area contributed by atoms with Crippen molar-refractivity contribution in [3.63, 3.8) is 0 Å². The number of carbonyl (C=O) groups is 1. The predicted octanol–water partition coefficient (Wildman–Crippen LogP) is 7.97. The normalized spacial score (nSPS) is 21.1. The van der Waals surface area contributed by atoms with E-state index in [4.69, 9.17) is 5.11 Å². The molecule has 3 rings (SSSR count). The number of carboxylic acid groups (broad SMARTS) is 1. The number of hydrogen-bond donors (Lipinski definition) is 1. The van der Waals surface area contributed by atoms with Gasteiger partial charge in [-0.25, -0.2) is 4.79 Å². The lowest BCUT2D eigenvalue weighted by atomic mass is 9.62. The summed E-state index contributed by atoms with van der Waals surface area (Å²) in [7, 11) is 0. The van der Waals surface area contributed by atoms with E-state index in [0.29, 0.717) is 24.0 Å². The van der Waals surface area contributed by atoms with E-state index in [-0.39, 0.29) is 10.8 Å². The minimum absolute atomic E-state index is 0.185. The molecule has 1 aromatic rings. The Kier molecular flexibility index (Phi) is 6.52. The first-order chi connectivity index (χ1) is 14.7. The summed E-state index contributed by atoms with van der Waals surface area (Å²) in [5.74, 6) is -1.04. The van der Waals surface area contributed by atoms with Crippen LogP contribution in [-0.2, 0) is 21.8 Å². The van der Waals surface area contributed by atoms with E-state index in [1.165, 1.54) is 6.07 Å². The molecule has 0 spiro atoms. The predicted molar refractivity (Wildman–Crippen MR) is 123 cm³/mol. The molecule has 0 heterocycles. The number of aliphatic carboxylic acids is 1. The molecule has 174 valence electrons. The van der Waals surface area contributed by atoms with Crippen molar-refractivity contribution in [2.75, 3.05) is 0 Å². The fourth-order valence-electron chi connectivity index (χ4n) is 4.99. The van der Waals surface area contributed by atoms with E-state index < -0.39 is 17.7 Å². The smallest absolute Gasteiger partial charge is 0.417 e. The molecule has 0 amide bonds. The van der Waals surface area contributed by atoms with Gasteiger partial charge in [0.05, 0.1) is 5.56 Å². The summed E-state index contributed by atoms with van der Waals surface area (Å²) >= 11 is 0. The summed E-state index contributed by atoms with van der Waals surface area (Å²) in [6.45, 7) is 9.99. The number of rotatable bonds is 4. The summed E-state index contributed by atoms with van der Waals surface area (Å²) in [6.07, 6.45) is 4.98. The first kappa shape index (κ1) is 24.3. The number of hydrogen-bond acceptors (Lipinski definition) is 1. The Bertz CT molecular complexity index is 1000. The van der Waals surface area contributed by atoms with E-state index in [1.54, 1.807) is 19.1 Å². The molecule has 5 heteroatoms. The van der Waals surface area contributed by atoms with Crippen molar-refractivity contribution in [1.82, 2.24) is 0 Å². The second kappa shape index (κ2) is 8.57. The zero-order chi connectivity index (χ0) is 23.9. The summed E-state index contributed by atoms with van der Waals surface area (Å²) in [4.78, 5) is 10.9. The van der Waals surface area contributed by atoms with Crippen molar-refractivity contribution in [3.8, 4) is 0 Å². The molecule has 1 N–H and O–H groups in total. The molecule has 0 fully saturated rings.